The number of aliphatic carboxylic acids is 1. The number of pyridine rings is 1. The van der Waals surface area contributed by atoms with E-state index in [1.165, 1.54) is 0 Å². The summed E-state index contributed by atoms with van der Waals surface area (Å²) in [6.45, 7) is 4.93. The summed E-state index contributed by atoms with van der Waals surface area (Å²) in [6.07, 6.45) is 3.52. The van der Waals surface area contributed by atoms with Crippen molar-refractivity contribution in [3.05, 3.63) is 30.1 Å². The molecular weight excluding hydrogens is 266 g/mol. The summed E-state index contributed by atoms with van der Waals surface area (Å²) in [4.78, 5) is 18.0. The quantitative estimate of drug-likeness (QED) is 0.851. The Hall–Kier alpha value is -1.46. The van der Waals surface area contributed by atoms with Crippen molar-refractivity contribution in [1.82, 2.24) is 15.2 Å². The molecule has 1 aromatic rings. The highest BCUT2D eigenvalue weighted by atomic mass is 16.4. The van der Waals surface area contributed by atoms with Gasteiger partial charge in [0.2, 0.25) is 0 Å². The van der Waals surface area contributed by atoms with Gasteiger partial charge in [-0.25, -0.2) is 0 Å². The molecule has 21 heavy (non-hydrogen) atoms. The Morgan fingerprint density at radius 3 is 2.67 bits per heavy atom. The van der Waals surface area contributed by atoms with Gasteiger partial charge in [0.05, 0.1) is 5.92 Å². The van der Waals surface area contributed by atoms with Crippen LogP contribution in [0.4, 0.5) is 0 Å². The minimum absolute atomic E-state index is 0.0993. The zero-order chi connectivity index (χ0) is 14.4. The van der Waals surface area contributed by atoms with Gasteiger partial charge in [-0.1, -0.05) is 0 Å². The fraction of sp³-hybridized carbons (Fsp3) is 0.625. The van der Waals surface area contributed by atoms with Gasteiger partial charge >= 0.3 is 5.97 Å². The lowest BCUT2D eigenvalue weighted by molar-refractivity contribution is -0.141. The summed E-state index contributed by atoms with van der Waals surface area (Å²) in [6, 6.07) is 3.92. The van der Waals surface area contributed by atoms with Gasteiger partial charge in [-0.15, -0.1) is 0 Å². The van der Waals surface area contributed by atoms with Crippen molar-refractivity contribution in [3.63, 3.8) is 0 Å². The van der Waals surface area contributed by atoms with Crippen molar-refractivity contribution in [2.45, 2.75) is 5.92 Å². The van der Waals surface area contributed by atoms with Gasteiger partial charge < -0.3 is 15.3 Å². The maximum Gasteiger partial charge on any atom is 0.308 e. The van der Waals surface area contributed by atoms with Crippen LogP contribution in [0.2, 0.25) is 0 Å². The molecule has 0 bridgehead atoms. The largest absolute Gasteiger partial charge is 0.481 e. The number of aromatic nitrogens is 1. The van der Waals surface area contributed by atoms with Crippen molar-refractivity contribution < 1.29 is 9.90 Å². The van der Waals surface area contributed by atoms with E-state index in [9.17, 15) is 9.90 Å². The third-order valence-corrected chi connectivity index (χ3v) is 5.58. The summed E-state index contributed by atoms with van der Waals surface area (Å²) < 4.78 is 0. The predicted octanol–water partition coefficient (Wildman–Crippen LogP) is 0.647. The first-order chi connectivity index (χ1) is 10.2. The number of nitrogens with zero attached hydrogens (tertiary/aromatic N) is 2. The SMILES string of the molecule is O=C(O)C1CN(CC2C3CNCC32)CC1c1ccncc1. The molecule has 5 heteroatoms. The number of rotatable bonds is 4. The fourth-order valence-corrected chi connectivity index (χ4v) is 4.35. The molecule has 4 unspecified atom stereocenters. The lowest BCUT2D eigenvalue weighted by Gasteiger charge is -2.17. The van der Waals surface area contributed by atoms with E-state index < -0.39 is 5.97 Å². The maximum absolute atomic E-state index is 11.6. The number of fused-ring (bicyclic) bond motifs is 1. The molecule has 1 aliphatic carbocycles. The first-order valence-electron chi connectivity index (χ1n) is 7.80. The van der Waals surface area contributed by atoms with E-state index in [2.05, 4.69) is 15.2 Å². The van der Waals surface area contributed by atoms with Gasteiger partial charge in [-0.05, 0) is 48.5 Å². The number of nitrogens with one attached hydrogen (secondary N) is 1. The number of carbonyl (C=O) groups is 1. The molecule has 1 aromatic heterocycles. The van der Waals surface area contributed by atoms with Crippen LogP contribution in [0.5, 0.6) is 0 Å². The number of carboxylic acid groups (broad SMARTS) is 1. The molecule has 2 aliphatic heterocycles. The molecule has 0 radical (unpaired) electrons. The van der Waals surface area contributed by atoms with Gasteiger partial charge in [0, 0.05) is 37.9 Å². The maximum atomic E-state index is 11.6. The topological polar surface area (TPSA) is 65.5 Å². The molecule has 2 saturated heterocycles. The van der Waals surface area contributed by atoms with Crippen LogP contribution in [0.15, 0.2) is 24.5 Å². The monoisotopic (exact) mass is 287 g/mol. The predicted molar refractivity (Wildman–Crippen MR) is 77.9 cm³/mol. The van der Waals surface area contributed by atoms with E-state index in [1.807, 2.05) is 12.1 Å². The van der Waals surface area contributed by atoms with E-state index in [0.717, 1.165) is 49.5 Å². The minimum Gasteiger partial charge on any atom is -0.481 e. The molecule has 0 spiro atoms. The van der Waals surface area contributed by atoms with Gasteiger partial charge in [-0.3, -0.25) is 9.78 Å². The molecule has 4 atom stereocenters. The summed E-state index contributed by atoms with van der Waals surface area (Å²) in [5, 5.41) is 12.9. The van der Waals surface area contributed by atoms with E-state index >= 15 is 0 Å². The first-order valence-corrected chi connectivity index (χ1v) is 7.80. The van der Waals surface area contributed by atoms with Crippen LogP contribution in [0, 0.1) is 23.7 Å². The Morgan fingerprint density at radius 1 is 1.29 bits per heavy atom. The highest BCUT2D eigenvalue weighted by Crippen LogP contribution is 2.49. The Kier molecular flexibility index (Phi) is 3.19. The molecule has 0 aromatic carbocycles. The van der Waals surface area contributed by atoms with Crippen LogP contribution in [-0.4, -0.2) is 53.7 Å². The number of carboxylic acids is 1. The van der Waals surface area contributed by atoms with Crippen LogP contribution >= 0.6 is 0 Å². The standard InChI is InChI=1S/C16H21N3O2/c20-16(21)15-9-19(8-14-11-5-18-6-12(11)14)7-13(15)10-1-3-17-4-2-10/h1-4,11-15,18H,5-9H2,(H,20,21). The van der Waals surface area contributed by atoms with Crippen LogP contribution in [0.3, 0.4) is 0 Å². The summed E-state index contributed by atoms with van der Waals surface area (Å²) in [7, 11) is 0. The minimum atomic E-state index is -0.669. The summed E-state index contributed by atoms with van der Waals surface area (Å²) >= 11 is 0. The normalized spacial score (nSPS) is 38.4. The lowest BCUT2D eigenvalue weighted by atomic mass is 9.90. The summed E-state index contributed by atoms with van der Waals surface area (Å²) in [5.74, 6) is 1.61. The third-order valence-electron chi connectivity index (χ3n) is 5.58. The molecule has 1 saturated carbocycles. The van der Waals surface area contributed by atoms with Gasteiger partial charge in [0.15, 0.2) is 0 Å². The lowest BCUT2D eigenvalue weighted by Crippen LogP contribution is -2.28. The Bertz CT molecular complexity index is 526. The smallest absolute Gasteiger partial charge is 0.308 e. The number of hydrogen-bond acceptors (Lipinski definition) is 4. The second kappa shape index (κ2) is 5.07. The van der Waals surface area contributed by atoms with E-state index in [-0.39, 0.29) is 11.8 Å². The Morgan fingerprint density at radius 2 is 2.00 bits per heavy atom. The highest BCUT2D eigenvalue weighted by molar-refractivity contribution is 5.72. The number of hydrogen-bond donors (Lipinski definition) is 2. The zero-order valence-electron chi connectivity index (χ0n) is 12.0. The van der Waals surface area contributed by atoms with E-state index in [1.54, 1.807) is 12.4 Å². The third kappa shape index (κ3) is 2.34. The molecule has 0 amide bonds. The second-order valence-corrected chi connectivity index (χ2v) is 6.70. The molecular formula is C16H21N3O2. The molecule has 2 N–H and O–H groups in total. The molecule has 3 aliphatic rings. The van der Waals surface area contributed by atoms with E-state index in [0.29, 0.717) is 6.54 Å². The molecule has 112 valence electrons. The molecule has 5 nitrogen and oxygen atoms in total. The molecule has 4 rings (SSSR count). The van der Waals surface area contributed by atoms with Crippen LogP contribution in [0.25, 0.3) is 0 Å². The summed E-state index contributed by atoms with van der Waals surface area (Å²) in [5.41, 5.74) is 1.11. The van der Waals surface area contributed by atoms with Crippen molar-refractivity contribution in [1.29, 1.82) is 0 Å². The highest BCUT2D eigenvalue weighted by Gasteiger charge is 2.53. The average molecular weight is 287 g/mol. The fourth-order valence-electron chi connectivity index (χ4n) is 4.35. The zero-order valence-corrected chi connectivity index (χ0v) is 12.0. The van der Waals surface area contributed by atoms with Crippen LogP contribution in [0.1, 0.15) is 11.5 Å². The molecule has 3 heterocycles. The Balaban J connectivity index is 1.45. The Labute approximate surface area is 124 Å². The number of piperidine rings is 1. The van der Waals surface area contributed by atoms with Crippen LogP contribution < -0.4 is 5.32 Å². The van der Waals surface area contributed by atoms with Crippen molar-refractivity contribution >= 4 is 5.97 Å². The van der Waals surface area contributed by atoms with Crippen LogP contribution in [-0.2, 0) is 4.79 Å². The number of likely N-dealkylation sites (tertiary alicyclic amines) is 1. The van der Waals surface area contributed by atoms with Crippen molar-refractivity contribution in [2.24, 2.45) is 23.7 Å². The van der Waals surface area contributed by atoms with Gasteiger partial charge in [-0.2, -0.15) is 0 Å². The van der Waals surface area contributed by atoms with Gasteiger partial charge in [0.25, 0.3) is 0 Å². The van der Waals surface area contributed by atoms with Crippen molar-refractivity contribution in [2.75, 3.05) is 32.7 Å². The van der Waals surface area contributed by atoms with Gasteiger partial charge in [0.1, 0.15) is 0 Å². The van der Waals surface area contributed by atoms with E-state index in [4.69, 9.17) is 0 Å². The average Bonchev–Trinajstić information content (AvgIpc) is 2.89. The molecule has 3 fully saturated rings. The second-order valence-electron chi connectivity index (χ2n) is 6.70. The first kappa shape index (κ1) is 13.2. The van der Waals surface area contributed by atoms with Crippen molar-refractivity contribution in [3.8, 4) is 0 Å².